The summed E-state index contributed by atoms with van der Waals surface area (Å²) in [5, 5.41) is 3.66. The van der Waals surface area contributed by atoms with Gasteiger partial charge in [-0.3, -0.25) is 10.2 Å². The van der Waals surface area contributed by atoms with Crippen LogP contribution in [0, 0.1) is 5.82 Å². The predicted octanol–water partition coefficient (Wildman–Crippen LogP) is 1.75. The second kappa shape index (κ2) is 6.48. The number of nitrogens with one attached hydrogen (secondary N) is 1. The van der Waals surface area contributed by atoms with Gasteiger partial charge >= 0.3 is 5.97 Å². The fourth-order valence-electron chi connectivity index (χ4n) is 1.11. The Bertz CT molecular complexity index is 469. The molecule has 0 heterocycles. The molecule has 0 fully saturated rings. The van der Waals surface area contributed by atoms with E-state index >= 15 is 0 Å². The molecule has 0 radical (unpaired) electrons. The van der Waals surface area contributed by atoms with Gasteiger partial charge < -0.3 is 4.74 Å². The molecule has 0 unspecified atom stereocenters. The van der Waals surface area contributed by atoms with Crippen LogP contribution < -0.4 is 5.43 Å². The number of hydrazone groups is 1. The number of hydrogen-bond acceptors (Lipinski definition) is 5. The van der Waals surface area contributed by atoms with E-state index in [0.717, 1.165) is 0 Å². The van der Waals surface area contributed by atoms with Crippen molar-refractivity contribution in [2.24, 2.45) is 5.10 Å². The lowest BCUT2D eigenvalue weighted by Gasteiger charge is -2.04. The molecule has 0 atom stereocenters. The van der Waals surface area contributed by atoms with Gasteiger partial charge in [-0.1, -0.05) is 0 Å². The molecule has 6 heteroatoms. The van der Waals surface area contributed by atoms with Crippen LogP contribution in [0.4, 0.5) is 10.1 Å². The van der Waals surface area contributed by atoms with Crippen LogP contribution in [0.25, 0.3) is 0 Å². The van der Waals surface area contributed by atoms with Gasteiger partial charge in [-0.25, -0.2) is 9.18 Å². The largest absolute Gasteiger partial charge is 0.461 e. The van der Waals surface area contributed by atoms with Crippen molar-refractivity contribution in [3.63, 3.8) is 0 Å². The van der Waals surface area contributed by atoms with Gasteiger partial charge in [0.2, 0.25) is 5.71 Å². The van der Waals surface area contributed by atoms with Crippen molar-refractivity contribution in [3.05, 3.63) is 30.1 Å². The Kier molecular flexibility index (Phi) is 4.98. The standard InChI is InChI=1S/C12H13FN2O3/c1-3-18-12(17)11(8(2)16)15-14-10-6-4-9(13)5-7-10/h4-7,14H,3H2,1-2H3/b15-11+. The quantitative estimate of drug-likeness (QED) is 0.375. The van der Waals surface area contributed by atoms with E-state index in [1.165, 1.54) is 31.2 Å². The average molecular weight is 252 g/mol. The lowest BCUT2D eigenvalue weighted by atomic mass is 10.3. The molecule has 0 bridgehead atoms. The Morgan fingerprint density at radius 2 is 1.94 bits per heavy atom. The van der Waals surface area contributed by atoms with Crippen molar-refractivity contribution in [2.75, 3.05) is 12.0 Å². The highest BCUT2D eigenvalue weighted by Gasteiger charge is 2.17. The molecule has 0 amide bonds. The van der Waals surface area contributed by atoms with E-state index < -0.39 is 11.8 Å². The molecule has 96 valence electrons. The van der Waals surface area contributed by atoms with Gasteiger partial charge in [0.15, 0.2) is 5.78 Å². The third-order valence-electron chi connectivity index (χ3n) is 1.94. The van der Waals surface area contributed by atoms with Crippen LogP contribution in [0.3, 0.4) is 0 Å². The number of rotatable bonds is 5. The smallest absolute Gasteiger partial charge is 0.362 e. The number of esters is 1. The molecule has 1 aromatic carbocycles. The van der Waals surface area contributed by atoms with E-state index in [0.29, 0.717) is 5.69 Å². The number of benzene rings is 1. The van der Waals surface area contributed by atoms with Crippen molar-refractivity contribution in [1.29, 1.82) is 0 Å². The monoisotopic (exact) mass is 252 g/mol. The normalized spacial score (nSPS) is 10.9. The van der Waals surface area contributed by atoms with Crippen molar-refractivity contribution < 1.29 is 18.7 Å². The van der Waals surface area contributed by atoms with E-state index in [1.807, 2.05) is 0 Å². The minimum atomic E-state index is -0.792. The van der Waals surface area contributed by atoms with E-state index in [4.69, 9.17) is 0 Å². The van der Waals surface area contributed by atoms with Gasteiger partial charge in [-0.05, 0) is 31.2 Å². The summed E-state index contributed by atoms with van der Waals surface area (Å²) in [6.45, 7) is 2.99. The topological polar surface area (TPSA) is 67.8 Å². The first kappa shape index (κ1) is 13.8. The number of carbonyl (C=O) groups excluding carboxylic acids is 2. The van der Waals surface area contributed by atoms with Crippen molar-refractivity contribution >= 4 is 23.2 Å². The molecule has 0 saturated carbocycles. The van der Waals surface area contributed by atoms with Crippen LogP contribution in [0.5, 0.6) is 0 Å². The first-order valence-corrected chi connectivity index (χ1v) is 5.32. The first-order chi connectivity index (χ1) is 8.54. The van der Waals surface area contributed by atoms with Crippen LogP contribution in [0.1, 0.15) is 13.8 Å². The molecule has 5 nitrogen and oxygen atoms in total. The number of anilines is 1. The molecule has 0 aliphatic carbocycles. The maximum Gasteiger partial charge on any atom is 0.362 e. The molecule has 0 aromatic heterocycles. The van der Waals surface area contributed by atoms with Crippen molar-refractivity contribution in [1.82, 2.24) is 0 Å². The summed E-state index contributed by atoms with van der Waals surface area (Å²) in [6, 6.07) is 5.33. The van der Waals surface area contributed by atoms with Gasteiger partial charge in [-0.15, -0.1) is 0 Å². The highest BCUT2D eigenvalue weighted by Crippen LogP contribution is 2.08. The van der Waals surface area contributed by atoms with Crippen molar-refractivity contribution in [3.8, 4) is 0 Å². The molecule has 1 rings (SSSR count). The zero-order valence-electron chi connectivity index (χ0n) is 10.1. The Labute approximate surface area is 104 Å². The molecule has 1 N–H and O–H groups in total. The minimum absolute atomic E-state index is 0.154. The lowest BCUT2D eigenvalue weighted by molar-refractivity contribution is -0.135. The Balaban J connectivity index is 2.80. The van der Waals surface area contributed by atoms with Crippen LogP contribution in [0.15, 0.2) is 29.4 Å². The molecule has 0 aliphatic heterocycles. The number of halogens is 1. The Morgan fingerprint density at radius 1 is 1.33 bits per heavy atom. The second-order valence-electron chi connectivity index (χ2n) is 3.36. The Hall–Kier alpha value is -2.24. The SMILES string of the molecule is CCOC(=O)/C(=N/Nc1ccc(F)cc1)C(C)=O. The summed E-state index contributed by atoms with van der Waals surface area (Å²) in [5.74, 6) is -1.69. The number of nitrogens with zero attached hydrogens (tertiary/aromatic N) is 1. The first-order valence-electron chi connectivity index (χ1n) is 5.32. The van der Waals surface area contributed by atoms with E-state index in [9.17, 15) is 14.0 Å². The van der Waals surface area contributed by atoms with Gasteiger partial charge in [0, 0.05) is 6.92 Å². The summed E-state index contributed by atoms with van der Waals surface area (Å²) in [5.41, 5.74) is 2.62. The van der Waals surface area contributed by atoms with Gasteiger partial charge in [-0.2, -0.15) is 5.10 Å². The van der Waals surface area contributed by atoms with Crippen LogP contribution in [-0.4, -0.2) is 24.1 Å². The van der Waals surface area contributed by atoms with Crippen LogP contribution in [0.2, 0.25) is 0 Å². The maximum atomic E-state index is 12.7. The summed E-state index contributed by atoms with van der Waals surface area (Å²) in [7, 11) is 0. The van der Waals surface area contributed by atoms with E-state index in [-0.39, 0.29) is 18.1 Å². The molecule has 0 spiro atoms. The third kappa shape index (κ3) is 3.97. The molecular weight excluding hydrogens is 239 g/mol. The van der Waals surface area contributed by atoms with Gasteiger partial charge in [0.05, 0.1) is 12.3 Å². The summed E-state index contributed by atoms with van der Waals surface area (Å²) < 4.78 is 17.3. The van der Waals surface area contributed by atoms with Gasteiger partial charge in [0.25, 0.3) is 0 Å². The summed E-state index contributed by atoms with van der Waals surface area (Å²) in [6.07, 6.45) is 0. The number of carbonyl (C=O) groups is 2. The number of ether oxygens (including phenoxy) is 1. The van der Waals surface area contributed by atoms with Crippen molar-refractivity contribution in [2.45, 2.75) is 13.8 Å². The third-order valence-corrected chi connectivity index (χ3v) is 1.94. The molecule has 1 aromatic rings. The minimum Gasteiger partial charge on any atom is -0.461 e. The molecule has 0 aliphatic rings. The van der Waals surface area contributed by atoms with E-state index in [2.05, 4.69) is 15.3 Å². The Morgan fingerprint density at radius 3 is 2.44 bits per heavy atom. The maximum absolute atomic E-state index is 12.7. The molecule has 0 saturated heterocycles. The number of hydrogen-bond donors (Lipinski definition) is 1. The predicted molar refractivity (Wildman–Crippen MR) is 64.8 cm³/mol. The summed E-state index contributed by atoms with van der Waals surface area (Å²) in [4.78, 5) is 22.6. The van der Waals surface area contributed by atoms with Gasteiger partial charge in [0.1, 0.15) is 5.82 Å². The van der Waals surface area contributed by atoms with E-state index in [1.54, 1.807) is 6.92 Å². The number of Topliss-reactive ketones (excluding diaryl/α,β-unsaturated/α-hetero) is 1. The average Bonchev–Trinajstić information content (AvgIpc) is 2.31. The van der Waals surface area contributed by atoms with Crippen LogP contribution in [-0.2, 0) is 14.3 Å². The fourth-order valence-corrected chi connectivity index (χ4v) is 1.11. The fraction of sp³-hybridized carbons (Fsp3) is 0.250. The number of ketones is 1. The summed E-state index contributed by atoms with van der Waals surface area (Å²) >= 11 is 0. The highest BCUT2D eigenvalue weighted by molar-refractivity contribution is 6.64. The second-order valence-corrected chi connectivity index (χ2v) is 3.36. The highest BCUT2D eigenvalue weighted by atomic mass is 19.1. The lowest BCUT2D eigenvalue weighted by Crippen LogP contribution is -2.25. The van der Waals surface area contributed by atoms with Crippen LogP contribution >= 0.6 is 0 Å². The molecular formula is C12H13FN2O3. The zero-order chi connectivity index (χ0) is 13.5. The molecule has 18 heavy (non-hydrogen) atoms. The zero-order valence-corrected chi connectivity index (χ0v) is 10.1.